The molecule has 0 radical (unpaired) electrons. The molecule has 0 spiro atoms. The maximum atomic E-state index is 10.8. The van der Waals surface area contributed by atoms with Gasteiger partial charge in [-0.05, 0) is 20.9 Å². The van der Waals surface area contributed by atoms with Crippen molar-refractivity contribution in [2.24, 2.45) is 0 Å². The number of aryl methyl sites for hydroxylation is 1. The molecule has 0 amide bonds. The van der Waals surface area contributed by atoms with Crippen LogP contribution in [0.25, 0.3) is 0 Å². The Labute approximate surface area is 81.3 Å². The van der Waals surface area contributed by atoms with Crippen molar-refractivity contribution in [1.29, 1.82) is 0 Å². The van der Waals surface area contributed by atoms with Gasteiger partial charge in [0.1, 0.15) is 11.5 Å². The highest BCUT2D eigenvalue weighted by atomic mass is 16.6. The Morgan fingerprint density at radius 3 is 2.50 bits per heavy atom. The van der Waals surface area contributed by atoms with Gasteiger partial charge in [0.2, 0.25) is 0 Å². The first-order valence-electron chi connectivity index (χ1n) is 4.26. The molecular weight excluding hydrogens is 186 g/mol. The summed E-state index contributed by atoms with van der Waals surface area (Å²) in [5.41, 5.74) is 0. The summed E-state index contributed by atoms with van der Waals surface area (Å²) in [7, 11) is 1.77. The van der Waals surface area contributed by atoms with Crippen LogP contribution in [0.2, 0.25) is 0 Å². The zero-order chi connectivity index (χ0) is 10.7. The lowest BCUT2D eigenvalue weighted by molar-refractivity contribution is -0.117. The molecule has 0 N–H and O–H groups in total. The van der Waals surface area contributed by atoms with Gasteiger partial charge in [0.05, 0.1) is 13.1 Å². The highest BCUT2D eigenvalue weighted by Crippen LogP contribution is 2.07. The first-order valence-corrected chi connectivity index (χ1v) is 4.26. The van der Waals surface area contributed by atoms with Gasteiger partial charge in [0.25, 0.3) is 0 Å². The molecule has 78 valence electrons. The first kappa shape index (κ1) is 10.7. The zero-order valence-electron chi connectivity index (χ0n) is 8.49. The lowest BCUT2D eigenvalue weighted by Crippen LogP contribution is -2.23. The highest BCUT2D eigenvalue weighted by Gasteiger charge is 2.11. The SMILES string of the molecule is CC(=O)CN(C)Cc1oc(=O)oc1C. The standard InChI is InChI=1S/C9H13NO4/c1-6(11)4-10(3)5-8-7(2)13-9(12)14-8/h4-5H2,1-3H3. The van der Waals surface area contributed by atoms with Crippen molar-refractivity contribution in [2.75, 3.05) is 13.6 Å². The number of rotatable bonds is 4. The van der Waals surface area contributed by atoms with Crippen LogP contribution in [-0.2, 0) is 11.3 Å². The summed E-state index contributed by atoms with van der Waals surface area (Å²) in [5, 5.41) is 0. The monoisotopic (exact) mass is 199 g/mol. The average molecular weight is 199 g/mol. The van der Waals surface area contributed by atoms with Gasteiger partial charge in [-0.1, -0.05) is 0 Å². The minimum absolute atomic E-state index is 0.0657. The van der Waals surface area contributed by atoms with Crippen molar-refractivity contribution in [3.05, 3.63) is 22.1 Å². The van der Waals surface area contributed by atoms with Gasteiger partial charge in [-0.2, -0.15) is 0 Å². The van der Waals surface area contributed by atoms with Crippen molar-refractivity contribution in [3.8, 4) is 0 Å². The van der Waals surface area contributed by atoms with E-state index in [9.17, 15) is 9.59 Å². The molecule has 1 aromatic heterocycles. The second-order valence-corrected chi connectivity index (χ2v) is 3.31. The minimum atomic E-state index is -0.700. The number of carbonyl (C=O) groups excluding carboxylic acids is 1. The van der Waals surface area contributed by atoms with E-state index in [0.29, 0.717) is 24.6 Å². The summed E-state index contributed by atoms with van der Waals surface area (Å²) in [5.74, 6) is 0.300. The number of Topliss-reactive ketones (excluding diaryl/α,β-unsaturated/α-hetero) is 1. The van der Waals surface area contributed by atoms with Gasteiger partial charge in [0.15, 0.2) is 5.76 Å². The van der Waals surface area contributed by atoms with Crippen LogP contribution in [0.15, 0.2) is 13.6 Å². The summed E-state index contributed by atoms with van der Waals surface area (Å²) >= 11 is 0. The molecular formula is C9H13NO4. The number of carbonyl (C=O) groups is 1. The Balaban J connectivity index is 2.64. The molecule has 0 aromatic carbocycles. The lowest BCUT2D eigenvalue weighted by Gasteiger charge is -2.11. The summed E-state index contributed by atoms with van der Waals surface area (Å²) in [6.07, 6.45) is 0. The fourth-order valence-corrected chi connectivity index (χ4v) is 1.20. The van der Waals surface area contributed by atoms with Gasteiger partial charge in [-0.25, -0.2) is 4.79 Å². The Kier molecular flexibility index (Phi) is 3.24. The quantitative estimate of drug-likeness (QED) is 0.709. The first-order chi connectivity index (χ1) is 6.49. The molecule has 5 heteroatoms. The van der Waals surface area contributed by atoms with Crippen LogP contribution < -0.4 is 5.82 Å². The number of hydrogen-bond donors (Lipinski definition) is 0. The topological polar surface area (TPSA) is 63.7 Å². The van der Waals surface area contributed by atoms with E-state index in [4.69, 9.17) is 4.42 Å². The Hall–Kier alpha value is -1.36. The molecule has 0 saturated carbocycles. The molecule has 0 aliphatic rings. The third kappa shape index (κ3) is 2.85. The molecule has 0 aliphatic heterocycles. The smallest absolute Gasteiger partial charge is 0.396 e. The van der Waals surface area contributed by atoms with Crippen LogP contribution in [0.5, 0.6) is 0 Å². The van der Waals surface area contributed by atoms with Gasteiger partial charge in [-0.3, -0.25) is 9.69 Å². The molecule has 1 rings (SSSR count). The number of ketones is 1. The van der Waals surface area contributed by atoms with E-state index in [1.165, 1.54) is 6.92 Å². The molecule has 5 nitrogen and oxygen atoms in total. The predicted molar refractivity (Wildman–Crippen MR) is 49.0 cm³/mol. The fraction of sp³-hybridized carbons (Fsp3) is 0.556. The molecule has 14 heavy (non-hydrogen) atoms. The van der Waals surface area contributed by atoms with Crippen LogP contribution in [0.4, 0.5) is 0 Å². The summed E-state index contributed by atoms with van der Waals surface area (Å²) in [6.45, 7) is 3.89. The minimum Gasteiger partial charge on any atom is -0.396 e. The zero-order valence-corrected chi connectivity index (χ0v) is 8.49. The second kappa shape index (κ2) is 4.23. The summed E-state index contributed by atoms with van der Waals surface area (Å²) < 4.78 is 9.48. The van der Waals surface area contributed by atoms with E-state index >= 15 is 0 Å². The lowest BCUT2D eigenvalue weighted by atomic mass is 10.3. The van der Waals surface area contributed by atoms with Gasteiger partial charge in [-0.15, -0.1) is 0 Å². The molecule has 0 bridgehead atoms. The molecule has 0 saturated heterocycles. The molecule has 0 atom stereocenters. The van der Waals surface area contributed by atoms with Crippen molar-refractivity contribution in [1.82, 2.24) is 4.90 Å². The van der Waals surface area contributed by atoms with E-state index in [-0.39, 0.29) is 5.78 Å². The van der Waals surface area contributed by atoms with Gasteiger partial charge < -0.3 is 8.83 Å². The Bertz CT molecular complexity index is 376. The molecule has 0 unspecified atom stereocenters. The van der Waals surface area contributed by atoms with Crippen LogP contribution in [0.3, 0.4) is 0 Å². The van der Waals surface area contributed by atoms with Crippen molar-refractivity contribution >= 4 is 5.78 Å². The predicted octanol–water partition coefficient (Wildman–Crippen LogP) is 0.562. The van der Waals surface area contributed by atoms with E-state index in [1.807, 2.05) is 0 Å². The van der Waals surface area contributed by atoms with Crippen LogP contribution >= 0.6 is 0 Å². The molecule has 1 heterocycles. The van der Waals surface area contributed by atoms with Crippen molar-refractivity contribution in [2.45, 2.75) is 20.4 Å². The number of hydrogen-bond acceptors (Lipinski definition) is 5. The van der Waals surface area contributed by atoms with Crippen LogP contribution in [0, 0.1) is 6.92 Å². The maximum absolute atomic E-state index is 10.8. The summed E-state index contributed by atoms with van der Waals surface area (Å²) in [6, 6.07) is 0. The van der Waals surface area contributed by atoms with Crippen molar-refractivity contribution < 1.29 is 13.6 Å². The normalized spacial score (nSPS) is 10.9. The van der Waals surface area contributed by atoms with Crippen LogP contribution in [-0.4, -0.2) is 24.3 Å². The van der Waals surface area contributed by atoms with E-state index in [0.717, 1.165) is 0 Å². The average Bonchev–Trinajstić information content (AvgIpc) is 2.28. The third-order valence-electron chi connectivity index (χ3n) is 1.74. The molecule has 1 aromatic rings. The highest BCUT2D eigenvalue weighted by molar-refractivity contribution is 5.77. The van der Waals surface area contributed by atoms with E-state index in [1.54, 1.807) is 18.9 Å². The van der Waals surface area contributed by atoms with Gasteiger partial charge >= 0.3 is 5.82 Å². The molecule has 0 fully saturated rings. The van der Waals surface area contributed by atoms with E-state index in [2.05, 4.69) is 4.42 Å². The van der Waals surface area contributed by atoms with Crippen LogP contribution in [0.1, 0.15) is 18.4 Å². The second-order valence-electron chi connectivity index (χ2n) is 3.31. The van der Waals surface area contributed by atoms with E-state index < -0.39 is 5.82 Å². The van der Waals surface area contributed by atoms with Crippen molar-refractivity contribution in [3.63, 3.8) is 0 Å². The number of likely N-dealkylation sites (N-methyl/N-ethyl adjacent to an activating group) is 1. The Morgan fingerprint density at radius 2 is 2.07 bits per heavy atom. The fourth-order valence-electron chi connectivity index (χ4n) is 1.20. The largest absolute Gasteiger partial charge is 0.519 e. The number of nitrogens with zero attached hydrogens (tertiary/aromatic N) is 1. The Morgan fingerprint density at radius 1 is 1.43 bits per heavy atom. The summed E-state index contributed by atoms with van der Waals surface area (Å²) in [4.78, 5) is 23.2. The third-order valence-corrected chi connectivity index (χ3v) is 1.74. The van der Waals surface area contributed by atoms with Gasteiger partial charge in [0, 0.05) is 0 Å². The molecule has 0 aliphatic carbocycles. The maximum Gasteiger partial charge on any atom is 0.519 e.